The average Bonchev–Trinajstić information content (AvgIpc) is 3.34. The molecule has 1 aromatic carbocycles. The maximum absolute atomic E-state index is 12.9. The molecule has 5 rings (SSSR count). The molecule has 206 valence electrons. The van der Waals surface area contributed by atoms with Crippen LogP contribution in [0.1, 0.15) is 53.8 Å². The Kier molecular flexibility index (Phi) is 7.67. The predicted octanol–water partition coefficient (Wildman–Crippen LogP) is 4.13. The smallest absolute Gasteiger partial charge is 0.339 e. The van der Waals surface area contributed by atoms with Crippen molar-refractivity contribution >= 4 is 28.5 Å². The SMILES string of the molecule is O=C(Cc1ccc2nn(CC(=O)N3CCN(C(=O)C4CCCCC4)CC3)cc2c1)c1cccc(C(F)(F)F)n1. The van der Waals surface area contributed by atoms with E-state index in [0.29, 0.717) is 42.6 Å². The standard InChI is InChI=1S/C28H30F3N5O3/c29-28(30,31)25-8-4-7-23(32-25)24(37)16-19-9-10-22-21(15-19)17-36(33-22)18-26(38)34-11-13-35(14-12-34)27(39)20-5-2-1-3-6-20/h4,7-10,15,17,20H,1-3,5-6,11-14,16,18H2. The van der Waals surface area contributed by atoms with Crippen molar-refractivity contribution in [1.29, 1.82) is 0 Å². The van der Waals surface area contributed by atoms with Crippen LogP contribution in [-0.2, 0) is 28.7 Å². The Balaban J connectivity index is 1.17. The van der Waals surface area contributed by atoms with Crippen LogP contribution in [0.5, 0.6) is 0 Å². The number of carbonyl (C=O) groups excluding carboxylic acids is 3. The van der Waals surface area contributed by atoms with Gasteiger partial charge in [0.1, 0.15) is 17.9 Å². The summed E-state index contributed by atoms with van der Waals surface area (Å²) in [5.74, 6) is -0.264. The number of hydrogen-bond donors (Lipinski definition) is 0. The Bertz CT molecular complexity index is 1370. The van der Waals surface area contributed by atoms with Crippen LogP contribution < -0.4 is 0 Å². The van der Waals surface area contributed by atoms with E-state index in [1.54, 1.807) is 34.0 Å². The van der Waals surface area contributed by atoms with Crippen LogP contribution in [0.3, 0.4) is 0 Å². The summed E-state index contributed by atoms with van der Waals surface area (Å²) in [6.45, 7) is 2.12. The number of rotatable bonds is 6. The van der Waals surface area contributed by atoms with Crippen LogP contribution in [0.2, 0.25) is 0 Å². The number of nitrogens with zero attached hydrogens (tertiary/aromatic N) is 5. The molecule has 0 radical (unpaired) electrons. The Morgan fingerprint density at radius 1 is 0.923 bits per heavy atom. The van der Waals surface area contributed by atoms with E-state index in [0.717, 1.165) is 31.7 Å². The number of aromatic nitrogens is 3. The molecule has 3 aromatic rings. The number of benzene rings is 1. The summed E-state index contributed by atoms with van der Waals surface area (Å²) in [5.41, 5.74) is -0.103. The zero-order valence-corrected chi connectivity index (χ0v) is 21.5. The van der Waals surface area contributed by atoms with E-state index >= 15 is 0 Å². The molecule has 1 aliphatic heterocycles. The molecule has 8 nitrogen and oxygen atoms in total. The lowest BCUT2D eigenvalue weighted by Gasteiger charge is -2.37. The van der Waals surface area contributed by atoms with Gasteiger partial charge in [0, 0.05) is 50.1 Å². The normalized spacial score (nSPS) is 17.0. The van der Waals surface area contributed by atoms with Crippen LogP contribution in [0.15, 0.2) is 42.6 Å². The van der Waals surface area contributed by atoms with Crippen molar-refractivity contribution in [3.8, 4) is 0 Å². The highest BCUT2D eigenvalue weighted by molar-refractivity contribution is 5.96. The van der Waals surface area contributed by atoms with Crippen molar-refractivity contribution in [2.45, 2.75) is 51.2 Å². The lowest BCUT2D eigenvalue weighted by atomic mass is 9.88. The first kappa shape index (κ1) is 26.8. The van der Waals surface area contributed by atoms with Gasteiger partial charge in [-0.15, -0.1) is 0 Å². The number of Topliss-reactive ketones (excluding diaryl/α,β-unsaturated/α-hetero) is 1. The minimum absolute atomic E-state index is 0.0493. The van der Waals surface area contributed by atoms with Crippen molar-refractivity contribution in [3.05, 3.63) is 59.5 Å². The van der Waals surface area contributed by atoms with E-state index < -0.39 is 17.7 Å². The highest BCUT2D eigenvalue weighted by atomic mass is 19.4. The summed E-state index contributed by atoms with van der Waals surface area (Å²) in [7, 11) is 0. The summed E-state index contributed by atoms with van der Waals surface area (Å²) in [4.78, 5) is 45.4. The van der Waals surface area contributed by atoms with Crippen LogP contribution in [0, 0.1) is 5.92 Å². The number of alkyl halides is 3. The summed E-state index contributed by atoms with van der Waals surface area (Å²) < 4.78 is 40.4. The van der Waals surface area contributed by atoms with Gasteiger partial charge in [0.15, 0.2) is 5.78 Å². The van der Waals surface area contributed by atoms with Gasteiger partial charge >= 0.3 is 6.18 Å². The van der Waals surface area contributed by atoms with Crippen molar-refractivity contribution < 1.29 is 27.6 Å². The first-order chi connectivity index (χ1) is 18.7. The third-order valence-corrected chi connectivity index (χ3v) is 7.50. The molecule has 39 heavy (non-hydrogen) atoms. The van der Waals surface area contributed by atoms with Crippen LogP contribution in [0.25, 0.3) is 10.9 Å². The van der Waals surface area contributed by atoms with Crippen molar-refractivity contribution in [2.75, 3.05) is 26.2 Å². The van der Waals surface area contributed by atoms with Gasteiger partial charge in [0.05, 0.1) is 5.52 Å². The second-order valence-corrected chi connectivity index (χ2v) is 10.3. The molecule has 2 amide bonds. The summed E-state index contributed by atoms with van der Waals surface area (Å²) in [5, 5.41) is 5.17. The molecular formula is C28H30F3N5O3. The number of amides is 2. The number of carbonyl (C=O) groups is 3. The van der Waals surface area contributed by atoms with Crippen LogP contribution in [0.4, 0.5) is 13.2 Å². The number of halogens is 3. The predicted molar refractivity (Wildman–Crippen MR) is 137 cm³/mol. The first-order valence-electron chi connectivity index (χ1n) is 13.3. The minimum atomic E-state index is -4.62. The average molecular weight is 542 g/mol. The summed E-state index contributed by atoms with van der Waals surface area (Å²) >= 11 is 0. The third-order valence-electron chi connectivity index (χ3n) is 7.50. The second-order valence-electron chi connectivity index (χ2n) is 10.3. The maximum Gasteiger partial charge on any atom is 0.433 e. The van der Waals surface area contributed by atoms with Crippen molar-refractivity contribution in [3.63, 3.8) is 0 Å². The van der Waals surface area contributed by atoms with E-state index in [9.17, 15) is 27.6 Å². The van der Waals surface area contributed by atoms with E-state index in [1.807, 2.05) is 4.90 Å². The molecule has 1 saturated carbocycles. The highest BCUT2D eigenvalue weighted by Crippen LogP contribution is 2.28. The van der Waals surface area contributed by atoms with Gasteiger partial charge in [-0.2, -0.15) is 18.3 Å². The zero-order chi connectivity index (χ0) is 27.6. The third kappa shape index (κ3) is 6.29. The molecule has 0 bridgehead atoms. The quantitative estimate of drug-likeness (QED) is 0.438. The van der Waals surface area contributed by atoms with Gasteiger partial charge in [-0.25, -0.2) is 4.98 Å². The zero-order valence-electron chi connectivity index (χ0n) is 21.5. The fourth-order valence-corrected chi connectivity index (χ4v) is 5.36. The molecule has 1 saturated heterocycles. The molecule has 0 atom stereocenters. The minimum Gasteiger partial charge on any atom is -0.339 e. The van der Waals surface area contributed by atoms with Gasteiger partial charge < -0.3 is 9.80 Å². The second kappa shape index (κ2) is 11.2. The van der Waals surface area contributed by atoms with Gasteiger partial charge in [-0.1, -0.05) is 31.4 Å². The molecule has 3 heterocycles. The Morgan fingerprint density at radius 2 is 1.64 bits per heavy atom. The van der Waals surface area contributed by atoms with Gasteiger partial charge in [-0.05, 0) is 42.7 Å². The van der Waals surface area contributed by atoms with Crippen molar-refractivity contribution in [1.82, 2.24) is 24.6 Å². The fourth-order valence-electron chi connectivity index (χ4n) is 5.36. The topological polar surface area (TPSA) is 88.4 Å². The van der Waals surface area contributed by atoms with Crippen molar-refractivity contribution in [2.24, 2.45) is 5.92 Å². The Hall–Kier alpha value is -3.76. The largest absolute Gasteiger partial charge is 0.433 e. The van der Waals surface area contributed by atoms with Gasteiger partial charge in [0.2, 0.25) is 11.8 Å². The molecule has 1 aliphatic carbocycles. The molecule has 2 aromatic heterocycles. The molecule has 0 unspecified atom stereocenters. The van der Waals surface area contributed by atoms with Crippen LogP contribution in [-0.4, -0.2) is 68.3 Å². The maximum atomic E-state index is 12.9. The number of hydrogen-bond acceptors (Lipinski definition) is 5. The fraction of sp³-hybridized carbons (Fsp3) is 0.464. The lowest BCUT2D eigenvalue weighted by Crippen LogP contribution is -2.52. The number of pyridine rings is 1. The van der Waals surface area contributed by atoms with Gasteiger partial charge in [-0.3, -0.25) is 19.1 Å². The number of ketones is 1. The van der Waals surface area contributed by atoms with Crippen LogP contribution >= 0.6 is 0 Å². The summed E-state index contributed by atoms with van der Waals surface area (Å²) in [6, 6.07) is 8.41. The van der Waals surface area contributed by atoms with Gasteiger partial charge in [0.25, 0.3) is 0 Å². The van der Waals surface area contributed by atoms with E-state index in [1.165, 1.54) is 18.6 Å². The number of fused-ring (bicyclic) bond motifs is 1. The van der Waals surface area contributed by atoms with E-state index in [2.05, 4.69) is 10.1 Å². The van der Waals surface area contributed by atoms with E-state index in [4.69, 9.17) is 0 Å². The van der Waals surface area contributed by atoms with E-state index in [-0.39, 0.29) is 36.4 Å². The Morgan fingerprint density at radius 3 is 2.36 bits per heavy atom. The molecule has 2 aliphatic rings. The molecule has 2 fully saturated rings. The summed E-state index contributed by atoms with van der Waals surface area (Å²) in [6.07, 6.45) is 2.32. The highest BCUT2D eigenvalue weighted by Gasteiger charge is 2.33. The molecule has 11 heteroatoms. The number of piperazine rings is 1. The Labute approximate surface area is 223 Å². The molecule has 0 spiro atoms. The first-order valence-corrected chi connectivity index (χ1v) is 13.3. The lowest BCUT2D eigenvalue weighted by molar-refractivity contribution is -0.143. The molecule has 0 N–H and O–H groups in total. The monoisotopic (exact) mass is 541 g/mol. The molecular weight excluding hydrogens is 511 g/mol.